The van der Waals surface area contributed by atoms with E-state index in [0.29, 0.717) is 12.1 Å². The van der Waals surface area contributed by atoms with Crippen LogP contribution in [0.5, 0.6) is 0 Å². The van der Waals surface area contributed by atoms with Gasteiger partial charge in [0.1, 0.15) is 0 Å². The molecule has 0 aliphatic carbocycles. The molecule has 0 saturated carbocycles. The first kappa shape index (κ1) is 20.6. The lowest BCUT2D eigenvalue weighted by molar-refractivity contribution is 0.0925. The second kappa shape index (κ2) is 9.43. The molecule has 6 heteroatoms. The van der Waals surface area contributed by atoms with E-state index in [4.69, 9.17) is 4.98 Å². The number of nitrogens with zero attached hydrogens (tertiary/aromatic N) is 3. The van der Waals surface area contributed by atoms with Crippen molar-refractivity contribution in [1.29, 1.82) is 0 Å². The highest BCUT2D eigenvalue weighted by atomic mass is 32.1. The van der Waals surface area contributed by atoms with Crippen molar-refractivity contribution in [2.75, 3.05) is 31.1 Å². The molecule has 1 aromatic carbocycles. The molecular weight excluding hydrogens is 380 g/mol. The van der Waals surface area contributed by atoms with Crippen LogP contribution in [0.15, 0.2) is 18.2 Å². The number of rotatable bonds is 6. The Balaban J connectivity index is 1.31. The second-order valence-corrected chi connectivity index (χ2v) is 9.71. The number of piperidine rings is 2. The summed E-state index contributed by atoms with van der Waals surface area (Å²) in [5, 5.41) is 4.21. The van der Waals surface area contributed by atoms with E-state index >= 15 is 0 Å². The van der Waals surface area contributed by atoms with Gasteiger partial charge in [0.25, 0.3) is 5.91 Å². The third kappa shape index (κ3) is 4.92. The van der Waals surface area contributed by atoms with Crippen molar-refractivity contribution >= 4 is 32.6 Å². The number of fused-ring (bicyclic) bond motifs is 1. The van der Waals surface area contributed by atoms with Crippen LogP contribution in [0.25, 0.3) is 10.2 Å². The van der Waals surface area contributed by atoms with Crippen molar-refractivity contribution in [3.8, 4) is 0 Å². The van der Waals surface area contributed by atoms with Crippen molar-refractivity contribution < 1.29 is 4.79 Å². The summed E-state index contributed by atoms with van der Waals surface area (Å²) in [5.74, 6) is 0.0274. The maximum Gasteiger partial charge on any atom is 0.251 e. The average Bonchev–Trinajstić information content (AvgIpc) is 3.17. The number of carbonyl (C=O) groups excluding carboxylic acids is 1. The second-order valence-electron chi connectivity index (χ2n) is 8.70. The molecule has 0 radical (unpaired) electrons. The van der Waals surface area contributed by atoms with Crippen LogP contribution in [0.1, 0.15) is 69.2 Å². The van der Waals surface area contributed by atoms with Gasteiger partial charge in [-0.2, -0.15) is 0 Å². The maximum absolute atomic E-state index is 12.6. The zero-order chi connectivity index (χ0) is 20.2. The van der Waals surface area contributed by atoms with Gasteiger partial charge in [-0.25, -0.2) is 4.98 Å². The molecule has 5 nitrogen and oxygen atoms in total. The summed E-state index contributed by atoms with van der Waals surface area (Å²) in [4.78, 5) is 22.4. The van der Waals surface area contributed by atoms with Crippen LogP contribution >= 0.6 is 11.3 Å². The summed E-state index contributed by atoms with van der Waals surface area (Å²) < 4.78 is 1.11. The van der Waals surface area contributed by atoms with E-state index in [2.05, 4.69) is 29.0 Å². The molecule has 2 saturated heterocycles. The SMILES string of the molecule is C[C@H]1CCC[C@H](C)N1CCCNC(=O)c1ccc2nc(N3CCCCC3)sc2c1. The summed E-state index contributed by atoms with van der Waals surface area (Å²) in [5.41, 5.74) is 1.74. The highest BCUT2D eigenvalue weighted by molar-refractivity contribution is 7.22. The standard InChI is InChI=1S/C23H34N4OS/c1-17-8-6-9-18(2)27(17)15-7-12-24-22(28)19-10-11-20-21(16-19)29-23(25-20)26-13-4-3-5-14-26/h10-11,16-18H,3-9,12-15H2,1-2H3,(H,24,28)/t17-,18-/m0/s1. The number of likely N-dealkylation sites (tertiary alicyclic amines) is 1. The van der Waals surface area contributed by atoms with E-state index in [-0.39, 0.29) is 5.91 Å². The minimum absolute atomic E-state index is 0.0274. The molecule has 2 atom stereocenters. The lowest BCUT2D eigenvalue weighted by Crippen LogP contribution is -2.44. The Bertz CT molecular complexity index is 819. The van der Waals surface area contributed by atoms with Crippen LogP contribution in [0, 0.1) is 0 Å². The molecule has 0 bridgehead atoms. The van der Waals surface area contributed by atoms with Crippen LogP contribution in [-0.2, 0) is 0 Å². The van der Waals surface area contributed by atoms with Gasteiger partial charge >= 0.3 is 0 Å². The van der Waals surface area contributed by atoms with Gasteiger partial charge in [-0.3, -0.25) is 9.69 Å². The van der Waals surface area contributed by atoms with Crippen molar-refractivity contribution in [3.63, 3.8) is 0 Å². The Morgan fingerprint density at radius 3 is 2.66 bits per heavy atom. The Kier molecular flexibility index (Phi) is 6.70. The summed E-state index contributed by atoms with van der Waals surface area (Å²) in [6.07, 6.45) is 8.76. The number of hydrogen-bond donors (Lipinski definition) is 1. The number of aromatic nitrogens is 1. The van der Waals surface area contributed by atoms with Crippen LogP contribution in [0.2, 0.25) is 0 Å². The predicted molar refractivity (Wildman–Crippen MR) is 122 cm³/mol. The monoisotopic (exact) mass is 414 g/mol. The summed E-state index contributed by atoms with van der Waals surface area (Å²) in [7, 11) is 0. The Labute approximate surface area is 178 Å². The highest BCUT2D eigenvalue weighted by Gasteiger charge is 2.23. The molecule has 2 aromatic rings. The van der Waals surface area contributed by atoms with Crippen molar-refractivity contribution in [2.45, 2.75) is 70.9 Å². The lowest BCUT2D eigenvalue weighted by atomic mass is 9.97. The predicted octanol–water partition coefficient (Wildman–Crippen LogP) is 4.67. The number of benzene rings is 1. The number of hydrogen-bond acceptors (Lipinski definition) is 5. The van der Waals surface area contributed by atoms with Gasteiger partial charge in [-0.1, -0.05) is 17.8 Å². The van der Waals surface area contributed by atoms with Crippen LogP contribution in [-0.4, -0.2) is 54.1 Å². The van der Waals surface area contributed by atoms with E-state index in [0.717, 1.165) is 53.5 Å². The van der Waals surface area contributed by atoms with E-state index in [1.807, 2.05) is 18.2 Å². The third-order valence-corrected chi connectivity index (χ3v) is 7.60. The molecule has 3 heterocycles. The smallest absolute Gasteiger partial charge is 0.251 e. The van der Waals surface area contributed by atoms with Gasteiger partial charge in [0, 0.05) is 43.8 Å². The average molecular weight is 415 g/mol. The zero-order valence-electron chi connectivity index (χ0n) is 17.8. The van der Waals surface area contributed by atoms with Crippen molar-refractivity contribution in [3.05, 3.63) is 23.8 Å². The molecule has 0 unspecified atom stereocenters. The minimum Gasteiger partial charge on any atom is -0.352 e. The molecule has 4 rings (SSSR count). The fourth-order valence-electron chi connectivity index (χ4n) is 4.76. The molecular formula is C23H34N4OS. The molecule has 2 fully saturated rings. The highest BCUT2D eigenvalue weighted by Crippen LogP contribution is 2.31. The fraction of sp³-hybridized carbons (Fsp3) is 0.652. The molecule has 158 valence electrons. The summed E-state index contributed by atoms with van der Waals surface area (Å²) >= 11 is 1.71. The number of carbonyl (C=O) groups is 1. The van der Waals surface area contributed by atoms with Crippen molar-refractivity contribution in [2.24, 2.45) is 0 Å². The molecule has 2 aliphatic heterocycles. The van der Waals surface area contributed by atoms with E-state index in [1.54, 1.807) is 11.3 Å². The van der Waals surface area contributed by atoms with Gasteiger partial charge in [-0.05, 0) is 70.6 Å². The number of thiazole rings is 1. The van der Waals surface area contributed by atoms with Crippen LogP contribution in [0.3, 0.4) is 0 Å². The van der Waals surface area contributed by atoms with Gasteiger partial charge < -0.3 is 10.2 Å². The van der Waals surface area contributed by atoms with Gasteiger partial charge in [0.15, 0.2) is 5.13 Å². The molecule has 1 N–H and O–H groups in total. The van der Waals surface area contributed by atoms with Gasteiger partial charge in [-0.15, -0.1) is 0 Å². The summed E-state index contributed by atoms with van der Waals surface area (Å²) in [6, 6.07) is 7.23. The molecule has 1 aromatic heterocycles. The first-order chi connectivity index (χ1) is 14.1. The fourth-order valence-corrected chi connectivity index (χ4v) is 5.81. The van der Waals surface area contributed by atoms with Crippen LogP contribution < -0.4 is 10.2 Å². The molecule has 1 amide bonds. The Hall–Kier alpha value is -1.66. The van der Waals surface area contributed by atoms with Gasteiger partial charge in [0.05, 0.1) is 10.2 Å². The Morgan fingerprint density at radius 1 is 1.14 bits per heavy atom. The number of anilines is 1. The Morgan fingerprint density at radius 2 is 1.90 bits per heavy atom. The minimum atomic E-state index is 0.0274. The van der Waals surface area contributed by atoms with Crippen LogP contribution in [0.4, 0.5) is 5.13 Å². The molecule has 29 heavy (non-hydrogen) atoms. The first-order valence-corrected chi connectivity index (χ1v) is 12.1. The maximum atomic E-state index is 12.6. The zero-order valence-corrected chi connectivity index (χ0v) is 18.6. The molecule has 2 aliphatic rings. The topological polar surface area (TPSA) is 48.5 Å². The summed E-state index contributed by atoms with van der Waals surface area (Å²) in [6.45, 7) is 8.65. The third-order valence-electron chi connectivity index (χ3n) is 6.52. The van der Waals surface area contributed by atoms with E-state index in [9.17, 15) is 4.79 Å². The first-order valence-electron chi connectivity index (χ1n) is 11.3. The molecule has 0 spiro atoms. The van der Waals surface area contributed by atoms with E-state index < -0.39 is 0 Å². The van der Waals surface area contributed by atoms with E-state index in [1.165, 1.54) is 38.5 Å². The largest absolute Gasteiger partial charge is 0.352 e. The normalized spacial score (nSPS) is 23.4. The quantitative estimate of drug-likeness (QED) is 0.698. The lowest BCUT2D eigenvalue weighted by Gasteiger charge is -2.39. The van der Waals surface area contributed by atoms with Gasteiger partial charge in [0.2, 0.25) is 0 Å². The number of amides is 1. The number of nitrogens with one attached hydrogen (secondary N) is 1. The van der Waals surface area contributed by atoms with Crippen molar-refractivity contribution in [1.82, 2.24) is 15.2 Å².